The molecule has 1 aliphatic rings. The maximum Gasteiger partial charge on any atom is 0.269 e. The Balaban J connectivity index is 2.17. The molecule has 1 atom stereocenters. The predicted molar refractivity (Wildman–Crippen MR) is 91.0 cm³/mol. The maximum absolute atomic E-state index is 12.3. The van der Waals surface area contributed by atoms with Crippen LogP contribution >= 0.6 is 0 Å². The SMILES string of the molecule is CC1(C(C(c2ccccc2)c2ccccc2)S(=O)(=O)O)CNC1. The molecule has 1 heterocycles. The molecule has 2 aromatic carbocycles. The van der Waals surface area contributed by atoms with Crippen LogP contribution in [0.1, 0.15) is 24.0 Å². The molecule has 3 rings (SSSR count). The van der Waals surface area contributed by atoms with Gasteiger partial charge in [0.05, 0.1) is 0 Å². The molecular formula is C18H21NO3S. The minimum atomic E-state index is -4.22. The van der Waals surface area contributed by atoms with Gasteiger partial charge in [0.1, 0.15) is 5.25 Å². The molecule has 0 amide bonds. The van der Waals surface area contributed by atoms with Crippen LogP contribution in [0.15, 0.2) is 60.7 Å². The van der Waals surface area contributed by atoms with E-state index in [9.17, 15) is 13.0 Å². The fourth-order valence-electron chi connectivity index (χ4n) is 3.52. The molecule has 2 N–H and O–H groups in total. The normalized spacial score (nSPS) is 18.4. The van der Waals surface area contributed by atoms with Crippen molar-refractivity contribution in [1.29, 1.82) is 0 Å². The highest BCUT2D eigenvalue weighted by Gasteiger charge is 2.51. The quantitative estimate of drug-likeness (QED) is 0.827. The summed E-state index contributed by atoms with van der Waals surface area (Å²) in [6.45, 7) is 3.07. The van der Waals surface area contributed by atoms with Crippen LogP contribution in [-0.4, -0.2) is 31.3 Å². The zero-order valence-corrected chi connectivity index (χ0v) is 13.8. The zero-order chi connectivity index (χ0) is 16.5. The largest absolute Gasteiger partial charge is 0.315 e. The molecule has 23 heavy (non-hydrogen) atoms. The van der Waals surface area contributed by atoms with Gasteiger partial charge >= 0.3 is 0 Å². The van der Waals surface area contributed by atoms with Crippen LogP contribution in [0.3, 0.4) is 0 Å². The summed E-state index contributed by atoms with van der Waals surface area (Å²) in [5.41, 5.74) is 1.30. The van der Waals surface area contributed by atoms with Crippen LogP contribution in [0.5, 0.6) is 0 Å². The Morgan fingerprint density at radius 2 is 1.39 bits per heavy atom. The second-order valence-electron chi connectivity index (χ2n) is 6.49. The second kappa shape index (κ2) is 6.07. The molecule has 0 bridgehead atoms. The zero-order valence-electron chi connectivity index (χ0n) is 13.0. The van der Waals surface area contributed by atoms with Crippen LogP contribution in [0.2, 0.25) is 0 Å². The summed E-state index contributed by atoms with van der Waals surface area (Å²) in [6, 6.07) is 19.1. The number of hydrogen-bond acceptors (Lipinski definition) is 3. The molecule has 1 aliphatic heterocycles. The van der Waals surface area contributed by atoms with Gasteiger partial charge in [0.15, 0.2) is 0 Å². The fraction of sp³-hybridized carbons (Fsp3) is 0.333. The van der Waals surface area contributed by atoms with Gasteiger partial charge < -0.3 is 5.32 Å². The van der Waals surface area contributed by atoms with Crippen LogP contribution in [0.25, 0.3) is 0 Å². The van der Waals surface area contributed by atoms with Crippen molar-refractivity contribution >= 4 is 10.1 Å². The van der Waals surface area contributed by atoms with Gasteiger partial charge in [-0.05, 0) is 11.1 Å². The van der Waals surface area contributed by atoms with Crippen molar-refractivity contribution in [3.63, 3.8) is 0 Å². The maximum atomic E-state index is 12.3. The molecule has 1 fully saturated rings. The van der Waals surface area contributed by atoms with Crippen LogP contribution in [0, 0.1) is 5.41 Å². The molecule has 2 aromatic rings. The molecule has 4 nitrogen and oxygen atoms in total. The summed E-state index contributed by atoms with van der Waals surface area (Å²) in [5.74, 6) is -0.403. The first-order valence-corrected chi connectivity index (χ1v) is 9.19. The number of benzene rings is 2. The molecule has 0 radical (unpaired) electrons. The van der Waals surface area contributed by atoms with Crippen molar-refractivity contribution in [1.82, 2.24) is 5.32 Å². The summed E-state index contributed by atoms with van der Waals surface area (Å²) < 4.78 is 34.6. The lowest BCUT2D eigenvalue weighted by Gasteiger charge is -2.47. The van der Waals surface area contributed by atoms with Gasteiger partial charge in [0.2, 0.25) is 0 Å². The molecule has 1 unspecified atom stereocenters. The second-order valence-corrected chi connectivity index (χ2v) is 8.03. The van der Waals surface area contributed by atoms with Crippen molar-refractivity contribution in [2.45, 2.75) is 18.1 Å². The van der Waals surface area contributed by atoms with E-state index in [1.807, 2.05) is 67.6 Å². The van der Waals surface area contributed by atoms with Crippen LogP contribution < -0.4 is 5.32 Å². The Morgan fingerprint density at radius 1 is 0.957 bits per heavy atom. The monoisotopic (exact) mass is 331 g/mol. The Morgan fingerprint density at radius 3 is 1.70 bits per heavy atom. The highest BCUT2D eigenvalue weighted by atomic mass is 32.2. The minimum absolute atomic E-state index is 0.403. The summed E-state index contributed by atoms with van der Waals surface area (Å²) in [7, 11) is -4.22. The molecule has 122 valence electrons. The average Bonchev–Trinajstić information content (AvgIpc) is 2.51. The summed E-state index contributed by atoms with van der Waals surface area (Å²) in [6.07, 6.45) is 0. The molecule has 0 spiro atoms. The van der Waals surface area contributed by atoms with E-state index in [-0.39, 0.29) is 0 Å². The van der Waals surface area contributed by atoms with E-state index in [1.165, 1.54) is 0 Å². The van der Waals surface area contributed by atoms with Crippen molar-refractivity contribution in [2.75, 3.05) is 13.1 Å². The Hall–Kier alpha value is -1.69. The first kappa shape index (κ1) is 16.2. The lowest BCUT2D eigenvalue weighted by atomic mass is 9.71. The third kappa shape index (κ3) is 3.17. The molecule has 0 aliphatic carbocycles. The van der Waals surface area contributed by atoms with Gasteiger partial charge in [-0.25, -0.2) is 0 Å². The summed E-state index contributed by atoms with van der Waals surface area (Å²) in [5, 5.41) is 2.25. The first-order valence-electron chi connectivity index (χ1n) is 7.69. The summed E-state index contributed by atoms with van der Waals surface area (Å²) >= 11 is 0. The van der Waals surface area contributed by atoms with E-state index in [4.69, 9.17) is 0 Å². The first-order chi connectivity index (χ1) is 10.9. The Labute approximate surface area is 137 Å². The lowest BCUT2D eigenvalue weighted by molar-refractivity contribution is 0.170. The molecule has 5 heteroatoms. The highest BCUT2D eigenvalue weighted by molar-refractivity contribution is 7.86. The number of hydrogen-bond donors (Lipinski definition) is 2. The van der Waals surface area contributed by atoms with Gasteiger partial charge in [-0.15, -0.1) is 0 Å². The van der Waals surface area contributed by atoms with Crippen LogP contribution in [-0.2, 0) is 10.1 Å². The van der Waals surface area contributed by atoms with Gasteiger partial charge in [-0.2, -0.15) is 8.42 Å². The predicted octanol–water partition coefficient (Wildman–Crippen LogP) is 2.68. The molecule has 1 saturated heterocycles. The fourth-order valence-corrected chi connectivity index (χ4v) is 5.06. The Bertz CT molecular complexity index is 716. The third-order valence-corrected chi connectivity index (χ3v) is 6.17. The number of nitrogens with one attached hydrogen (secondary N) is 1. The molecule has 0 aromatic heterocycles. The van der Waals surface area contributed by atoms with E-state index in [0.29, 0.717) is 13.1 Å². The van der Waals surface area contributed by atoms with Crippen molar-refractivity contribution in [3.05, 3.63) is 71.8 Å². The van der Waals surface area contributed by atoms with Gasteiger partial charge in [-0.3, -0.25) is 4.55 Å². The highest BCUT2D eigenvalue weighted by Crippen LogP contribution is 2.43. The third-order valence-electron chi connectivity index (χ3n) is 4.69. The van der Waals surface area contributed by atoms with Crippen LogP contribution in [0.4, 0.5) is 0 Å². The molecule has 0 saturated carbocycles. The van der Waals surface area contributed by atoms with Crippen molar-refractivity contribution < 1.29 is 13.0 Å². The summed E-state index contributed by atoms with van der Waals surface area (Å²) in [4.78, 5) is 0. The van der Waals surface area contributed by atoms with E-state index < -0.39 is 26.7 Å². The minimum Gasteiger partial charge on any atom is -0.315 e. The van der Waals surface area contributed by atoms with E-state index in [2.05, 4.69) is 5.32 Å². The standard InChI is InChI=1S/C18H21NO3S/c1-18(12-19-13-18)17(23(20,21)22)16(14-8-4-2-5-9-14)15-10-6-3-7-11-15/h2-11,16-17,19H,12-13H2,1H3,(H,20,21,22). The van der Waals surface area contributed by atoms with Crippen molar-refractivity contribution in [2.24, 2.45) is 5.41 Å². The number of rotatable bonds is 5. The smallest absolute Gasteiger partial charge is 0.269 e. The van der Waals surface area contributed by atoms with Gasteiger partial charge in [0.25, 0.3) is 10.1 Å². The van der Waals surface area contributed by atoms with E-state index in [0.717, 1.165) is 11.1 Å². The molecular weight excluding hydrogens is 310 g/mol. The lowest BCUT2D eigenvalue weighted by Crippen LogP contribution is -2.61. The van der Waals surface area contributed by atoms with E-state index in [1.54, 1.807) is 0 Å². The average molecular weight is 331 g/mol. The van der Waals surface area contributed by atoms with E-state index >= 15 is 0 Å². The van der Waals surface area contributed by atoms with Gasteiger partial charge in [0, 0.05) is 24.4 Å². The topological polar surface area (TPSA) is 66.4 Å². The van der Waals surface area contributed by atoms with Gasteiger partial charge in [-0.1, -0.05) is 67.6 Å². The van der Waals surface area contributed by atoms with Crippen molar-refractivity contribution in [3.8, 4) is 0 Å². The Kier molecular flexibility index (Phi) is 4.27.